The Bertz CT molecular complexity index is 519. The number of aryl methyl sites for hydroxylation is 1. The monoisotopic (exact) mass is 367 g/mol. The number of nitrogens with zero attached hydrogens (tertiary/aromatic N) is 3. The first-order valence-corrected chi connectivity index (χ1v) is 6.24. The Morgan fingerprint density at radius 1 is 1.17 bits per heavy atom. The van der Waals surface area contributed by atoms with Crippen molar-refractivity contribution in [3.63, 3.8) is 0 Å². The number of aromatic nitrogens is 3. The third-order valence-corrected chi connectivity index (χ3v) is 2.98. The molecule has 0 saturated carbocycles. The van der Waals surface area contributed by atoms with E-state index >= 15 is 0 Å². The topological polar surface area (TPSA) is 30.7 Å². The lowest BCUT2D eigenvalue weighted by molar-refractivity contribution is -0.137. The molecule has 96 valence electrons. The first-order chi connectivity index (χ1) is 8.44. The van der Waals surface area contributed by atoms with E-state index in [9.17, 15) is 13.2 Å². The molecule has 0 N–H and O–H groups in total. The number of benzene rings is 1. The molecule has 2 aromatic rings. The number of hydrogen-bond donors (Lipinski definition) is 0. The highest BCUT2D eigenvalue weighted by atomic mass is 127. The van der Waals surface area contributed by atoms with Crippen LogP contribution in [0.1, 0.15) is 6.42 Å². The van der Waals surface area contributed by atoms with Crippen molar-refractivity contribution in [2.45, 2.75) is 19.1 Å². The first kappa shape index (κ1) is 13.3. The van der Waals surface area contributed by atoms with Crippen LogP contribution in [0, 0.1) is 3.57 Å². The van der Waals surface area contributed by atoms with Gasteiger partial charge in [-0.3, -0.25) is 4.68 Å². The van der Waals surface area contributed by atoms with Crippen molar-refractivity contribution >= 4 is 22.6 Å². The van der Waals surface area contributed by atoms with Crippen LogP contribution >= 0.6 is 22.6 Å². The Kier molecular flexibility index (Phi) is 3.88. The smallest absolute Gasteiger partial charge is 0.252 e. The summed E-state index contributed by atoms with van der Waals surface area (Å²) in [5.41, 5.74) is 0.793. The van der Waals surface area contributed by atoms with Gasteiger partial charge < -0.3 is 0 Å². The number of rotatable bonds is 3. The number of hydrogen-bond acceptors (Lipinski definition) is 2. The summed E-state index contributed by atoms with van der Waals surface area (Å²) in [6.07, 6.45) is -3.75. The van der Waals surface area contributed by atoms with Gasteiger partial charge in [0.1, 0.15) is 6.33 Å². The highest BCUT2D eigenvalue weighted by Crippen LogP contribution is 2.21. The lowest BCUT2D eigenvalue weighted by atomic mass is 10.2. The van der Waals surface area contributed by atoms with E-state index in [1.807, 2.05) is 24.3 Å². The van der Waals surface area contributed by atoms with Gasteiger partial charge in [0.15, 0.2) is 5.82 Å². The van der Waals surface area contributed by atoms with Gasteiger partial charge in [0.05, 0.1) is 13.0 Å². The quantitative estimate of drug-likeness (QED) is 0.778. The van der Waals surface area contributed by atoms with Gasteiger partial charge in [0.25, 0.3) is 0 Å². The summed E-state index contributed by atoms with van der Waals surface area (Å²) in [6, 6.07) is 7.47. The molecule has 0 fully saturated rings. The van der Waals surface area contributed by atoms with Crippen LogP contribution in [0.5, 0.6) is 0 Å². The van der Waals surface area contributed by atoms with Crippen LogP contribution < -0.4 is 0 Å². The lowest BCUT2D eigenvalue weighted by Crippen LogP contribution is -2.12. The molecule has 2 rings (SSSR count). The minimum Gasteiger partial charge on any atom is -0.252 e. The lowest BCUT2D eigenvalue weighted by Gasteiger charge is -2.04. The van der Waals surface area contributed by atoms with Crippen LogP contribution in [0.2, 0.25) is 0 Å². The van der Waals surface area contributed by atoms with Gasteiger partial charge in [-0.2, -0.15) is 18.3 Å². The molecule has 0 aliphatic heterocycles. The molecule has 0 aliphatic carbocycles. The SMILES string of the molecule is FC(F)(F)CCn1cnc(-c2ccc(I)cc2)n1. The zero-order chi connectivity index (χ0) is 13.2. The van der Waals surface area contributed by atoms with Crippen LogP contribution in [-0.2, 0) is 6.54 Å². The maximum atomic E-state index is 12.1. The molecule has 18 heavy (non-hydrogen) atoms. The van der Waals surface area contributed by atoms with Gasteiger partial charge in [-0.1, -0.05) is 12.1 Å². The van der Waals surface area contributed by atoms with Gasteiger partial charge in [-0.05, 0) is 34.7 Å². The normalized spacial score (nSPS) is 11.8. The summed E-state index contributed by atoms with van der Waals surface area (Å²) < 4.78 is 38.4. The van der Waals surface area contributed by atoms with Crippen molar-refractivity contribution in [1.82, 2.24) is 14.8 Å². The van der Waals surface area contributed by atoms with Crippen LogP contribution in [0.25, 0.3) is 11.4 Å². The van der Waals surface area contributed by atoms with Crippen LogP contribution in [0.3, 0.4) is 0 Å². The van der Waals surface area contributed by atoms with Crippen molar-refractivity contribution in [2.75, 3.05) is 0 Å². The van der Waals surface area contributed by atoms with E-state index < -0.39 is 12.6 Å². The third-order valence-electron chi connectivity index (χ3n) is 2.26. The Morgan fingerprint density at radius 3 is 2.44 bits per heavy atom. The largest absolute Gasteiger partial charge is 0.390 e. The minimum atomic E-state index is -4.17. The standard InChI is InChI=1S/C11H9F3IN3/c12-11(13,14)5-6-18-7-16-10(17-18)8-1-3-9(15)4-2-8/h1-4,7H,5-6H2. The zero-order valence-corrected chi connectivity index (χ0v) is 11.3. The molecule has 0 amide bonds. The van der Waals surface area contributed by atoms with Gasteiger partial charge in [0, 0.05) is 9.13 Å². The highest BCUT2D eigenvalue weighted by molar-refractivity contribution is 14.1. The predicted molar refractivity (Wildman–Crippen MR) is 68.8 cm³/mol. The second-order valence-electron chi connectivity index (χ2n) is 3.70. The van der Waals surface area contributed by atoms with Crippen molar-refractivity contribution < 1.29 is 13.2 Å². The maximum absolute atomic E-state index is 12.1. The van der Waals surface area contributed by atoms with Gasteiger partial charge >= 0.3 is 6.18 Å². The highest BCUT2D eigenvalue weighted by Gasteiger charge is 2.26. The molecule has 0 unspecified atom stereocenters. The second-order valence-corrected chi connectivity index (χ2v) is 4.95. The van der Waals surface area contributed by atoms with E-state index in [-0.39, 0.29) is 6.54 Å². The fourth-order valence-corrected chi connectivity index (χ4v) is 1.73. The number of halogens is 4. The third kappa shape index (κ3) is 3.69. The van der Waals surface area contributed by atoms with Crippen molar-refractivity contribution in [3.8, 4) is 11.4 Å². The fourth-order valence-electron chi connectivity index (χ4n) is 1.37. The van der Waals surface area contributed by atoms with E-state index in [4.69, 9.17) is 0 Å². The number of alkyl halides is 3. The predicted octanol–water partition coefficient (Wildman–Crippen LogP) is 3.50. The Balaban J connectivity index is 2.08. The van der Waals surface area contributed by atoms with Gasteiger partial charge in [-0.25, -0.2) is 4.98 Å². The summed E-state index contributed by atoms with van der Waals surface area (Å²) in [7, 11) is 0. The average Bonchev–Trinajstić information content (AvgIpc) is 2.75. The fraction of sp³-hybridized carbons (Fsp3) is 0.273. The summed E-state index contributed by atoms with van der Waals surface area (Å²) in [5, 5.41) is 4.02. The Labute approximate surface area is 115 Å². The van der Waals surface area contributed by atoms with E-state index in [0.29, 0.717) is 5.82 Å². The molecule has 0 bridgehead atoms. The summed E-state index contributed by atoms with van der Waals surface area (Å²) >= 11 is 2.17. The van der Waals surface area contributed by atoms with E-state index in [1.165, 1.54) is 11.0 Å². The summed E-state index contributed by atoms with van der Waals surface area (Å²) in [6.45, 7) is -0.207. The van der Waals surface area contributed by atoms with E-state index in [1.54, 1.807) is 0 Å². The molecular weight excluding hydrogens is 358 g/mol. The van der Waals surface area contributed by atoms with Crippen molar-refractivity contribution in [2.24, 2.45) is 0 Å². The molecule has 0 aliphatic rings. The van der Waals surface area contributed by atoms with Crippen LogP contribution in [-0.4, -0.2) is 20.9 Å². The van der Waals surface area contributed by atoms with E-state index in [2.05, 4.69) is 32.7 Å². The molecule has 0 radical (unpaired) electrons. The zero-order valence-electron chi connectivity index (χ0n) is 9.15. The molecule has 1 aromatic carbocycles. The van der Waals surface area contributed by atoms with Gasteiger partial charge in [0.2, 0.25) is 0 Å². The van der Waals surface area contributed by atoms with Crippen LogP contribution in [0.4, 0.5) is 13.2 Å². The minimum absolute atomic E-state index is 0.207. The molecule has 1 aromatic heterocycles. The Morgan fingerprint density at radius 2 is 1.83 bits per heavy atom. The first-order valence-electron chi connectivity index (χ1n) is 5.16. The van der Waals surface area contributed by atoms with E-state index in [0.717, 1.165) is 9.13 Å². The molecule has 1 heterocycles. The van der Waals surface area contributed by atoms with Crippen LogP contribution in [0.15, 0.2) is 30.6 Å². The molecule has 7 heteroatoms. The molecule has 3 nitrogen and oxygen atoms in total. The Hall–Kier alpha value is -1.12. The molecule has 0 saturated heterocycles. The van der Waals surface area contributed by atoms with Gasteiger partial charge in [-0.15, -0.1) is 0 Å². The molecule has 0 atom stereocenters. The molecule has 0 spiro atoms. The second kappa shape index (κ2) is 5.25. The summed E-state index contributed by atoms with van der Waals surface area (Å²) in [4.78, 5) is 4.00. The molecular formula is C11H9F3IN3. The van der Waals surface area contributed by atoms with Crippen molar-refractivity contribution in [3.05, 3.63) is 34.2 Å². The van der Waals surface area contributed by atoms with Crippen molar-refractivity contribution in [1.29, 1.82) is 0 Å². The summed E-state index contributed by atoms with van der Waals surface area (Å²) in [5.74, 6) is 0.438. The maximum Gasteiger partial charge on any atom is 0.390 e. The average molecular weight is 367 g/mol.